The molecule has 3 aromatic carbocycles. The zero-order chi connectivity index (χ0) is 25.0. The summed E-state index contributed by atoms with van der Waals surface area (Å²) in [6.45, 7) is 2.73. The van der Waals surface area contributed by atoms with Crippen LogP contribution in [0, 0.1) is 5.92 Å². The van der Waals surface area contributed by atoms with E-state index in [0.29, 0.717) is 37.3 Å². The van der Waals surface area contributed by atoms with Crippen molar-refractivity contribution in [1.82, 2.24) is 5.32 Å². The molecule has 0 aliphatic heterocycles. The molecule has 186 valence electrons. The summed E-state index contributed by atoms with van der Waals surface area (Å²) in [5.74, 6) is -0.610. The minimum Gasteiger partial charge on any atom is -1.00 e. The molecule has 3 N–H and O–H groups in total. The van der Waals surface area contributed by atoms with Gasteiger partial charge < -0.3 is 21.7 Å². The maximum atomic E-state index is 12.4. The van der Waals surface area contributed by atoms with Gasteiger partial charge in [-0.15, -0.1) is 0 Å². The number of amides is 1. The van der Waals surface area contributed by atoms with Crippen LogP contribution in [0.2, 0.25) is 0 Å². The van der Waals surface area contributed by atoms with Gasteiger partial charge in [0.25, 0.3) is 5.91 Å². The summed E-state index contributed by atoms with van der Waals surface area (Å²) in [5, 5.41) is 21.6. The molecule has 0 aliphatic carbocycles. The van der Waals surface area contributed by atoms with Gasteiger partial charge in [0.15, 0.2) is 0 Å². The van der Waals surface area contributed by atoms with Gasteiger partial charge in [0.1, 0.15) is 12.4 Å². The number of hydrogen-bond donors (Lipinski definition) is 3. The van der Waals surface area contributed by atoms with Crippen LogP contribution in [-0.4, -0.2) is 35.2 Å². The molecule has 7 heteroatoms. The van der Waals surface area contributed by atoms with E-state index in [4.69, 9.17) is 4.74 Å². The molecule has 1 amide bonds. The van der Waals surface area contributed by atoms with Gasteiger partial charge >= 0.3 is 35.5 Å². The van der Waals surface area contributed by atoms with E-state index in [1.807, 2.05) is 60.7 Å². The minimum absolute atomic E-state index is 0. The summed E-state index contributed by atoms with van der Waals surface area (Å²) in [6, 6.07) is 22.5. The minimum atomic E-state index is -0.750. The number of rotatable bonds is 13. The summed E-state index contributed by atoms with van der Waals surface area (Å²) in [6.07, 6.45) is 3.09. The van der Waals surface area contributed by atoms with Crippen LogP contribution >= 0.6 is 0 Å². The third kappa shape index (κ3) is 9.10. The number of carboxylic acid groups (broad SMARTS) is 1. The van der Waals surface area contributed by atoms with Gasteiger partial charge in [0.2, 0.25) is 0 Å². The third-order valence-corrected chi connectivity index (χ3v) is 5.91. The first-order valence-corrected chi connectivity index (χ1v) is 12.0. The number of aliphatic carboxylic acids is 1. The number of benzene rings is 3. The average Bonchev–Trinajstić information content (AvgIpc) is 2.89. The Labute approximate surface area is 236 Å². The monoisotopic (exact) mass is 499 g/mol. The number of ether oxygens (including phenoxy) is 1. The average molecular weight is 500 g/mol. The molecule has 3 rings (SSSR count). The summed E-state index contributed by atoms with van der Waals surface area (Å²) in [7, 11) is 0. The molecule has 36 heavy (non-hydrogen) atoms. The van der Waals surface area contributed by atoms with Crippen molar-refractivity contribution in [2.24, 2.45) is 5.92 Å². The van der Waals surface area contributed by atoms with Crippen LogP contribution in [0.1, 0.15) is 49.1 Å². The van der Waals surface area contributed by atoms with E-state index in [1.165, 1.54) is 0 Å². The van der Waals surface area contributed by atoms with Crippen molar-refractivity contribution >= 4 is 11.9 Å². The topological polar surface area (TPSA) is 95.9 Å². The molecule has 1 unspecified atom stereocenters. The molecule has 0 aliphatic rings. The van der Waals surface area contributed by atoms with Crippen molar-refractivity contribution in [2.75, 3.05) is 13.2 Å². The van der Waals surface area contributed by atoms with Gasteiger partial charge in [-0.05, 0) is 65.4 Å². The van der Waals surface area contributed by atoms with Gasteiger partial charge in [-0.25, -0.2) is 0 Å². The predicted octanol–water partition coefficient (Wildman–Crippen LogP) is 2.20. The Morgan fingerprint density at radius 1 is 0.972 bits per heavy atom. The van der Waals surface area contributed by atoms with E-state index >= 15 is 0 Å². The number of aliphatic hydroxyl groups excluding tert-OH is 1. The SMILES string of the molecule is CCCCC(Cc1ccc(OCCNC(=O)c2ccc(-c3cccc(CO)c3)cc2)cc1)C(=O)O.[H-].[Na+]. The molecule has 0 saturated carbocycles. The first kappa shape index (κ1) is 29.6. The maximum absolute atomic E-state index is 12.4. The summed E-state index contributed by atoms with van der Waals surface area (Å²) >= 11 is 0. The van der Waals surface area contributed by atoms with Crippen molar-refractivity contribution in [2.45, 2.75) is 39.2 Å². The van der Waals surface area contributed by atoms with Crippen LogP contribution in [-0.2, 0) is 17.8 Å². The Kier molecular flexibility index (Phi) is 12.7. The number of hydrogen-bond acceptors (Lipinski definition) is 4. The molecule has 1 atom stereocenters. The quantitative estimate of drug-likeness (QED) is 0.248. The van der Waals surface area contributed by atoms with Crippen molar-refractivity contribution in [3.63, 3.8) is 0 Å². The molecule has 6 nitrogen and oxygen atoms in total. The Balaban J connectivity index is 0.00000342. The molecular weight excluding hydrogens is 465 g/mol. The maximum Gasteiger partial charge on any atom is 1.00 e. The van der Waals surface area contributed by atoms with Crippen LogP contribution in [0.15, 0.2) is 72.8 Å². The van der Waals surface area contributed by atoms with E-state index in [9.17, 15) is 19.8 Å². The van der Waals surface area contributed by atoms with Gasteiger partial charge in [-0.1, -0.05) is 62.2 Å². The second-order valence-corrected chi connectivity index (χ2v) is 8.57. The zero-order valence-electron chi connectivity index (χ0n) is 22.1. The third-order valence-electron chi connectivity index (χ3n) is 5.91. The van der Waals surface area contributed by atoms with Crippen LogP contribution in [0.4, 0.5) is 0 Å². The van der Waals surface area contributed by atoms with E-state index in [-0.39, 0.29) is 49.4 Å². The van der Waals surface area contributed by atoms with Crippen LogP contribution in [0.5, 0.6) is 5.75 Å². The molecule has 0 saturated heterocycles. The molecule has 0 bridgehead atoms. The fourth-order valence-corrected chi connectivity index (χ4v) is 3.87. The summed E-state index contributed by atoms with van der Waals surface area (Å²) in [5.41, 5.74) is 4.34. The number of carboxylic acids is 1. The van der Waals surface area contributed by atoms with Crippen molar-refractivity contribution in [3.8, 4) is 16.9 Å². The van der Waals surface area contributed by atoms with Gasteiger partial charge in [0, 0.05) is 5.56 Å². The van der Waals surface area contributed by atoms with Crippen LogP contribution in [0.25, 0.3) is 11.1 Å². The Bertz CT molecular complexity index is 1110. The number of unbranched alkanes of at least 4 members (excludes halogenated alkanes) is 1. The summed E-state index contributed by atoms with van der Waals surface area (Å²) in [4.78, 5) is 23.9. The van der Waals surface area contributed by atoms with Crippen LogP contribution < -0.4 is 39.6 Å². The second-order valence-electron chi connectivity index (χ2n) is 8.57. The number of carbonyl (C=O) groups is 2. The predicted molar refractivity (Wildman–Crippen MR) is 138 cm³/mol. The van der Waals surface area contributed by atoms with Crippen molar-refractivity contribution in [1.29, 1.82) is 0 Å². The Morgan fingerprint density at radius 2 is 1.69 bits per heavy atom. The molecule has 0 aromatic heterocycles. The van der Waals surface area contributed by atoms with Crippen molar-refractivity contribution < 1.29 is 55.5 Å². The largest absolute Gasteiger partial charge is 1.00 e. The van der Waals surface area contributed by atoms with Gasteiger partial charge in [-0.3, -0.25) is 9.59 Å². The molecule has 0 radical (unpaired) electrons. The van der Waals surface area contributed by atoms with E-state index in [2.05, 4.69) is 12.2 Å². The van der Waals surface area contributed by atoms with E-state index in [1.54, 1.807) is 12.1 Å². The zero-order valence-corrected chi connectivity index (χ0v) is 23.1. The smallest absolute Gasteiger partial charge is 1.00 e. The standard InChI is InChI=1S/C29H33NO5.Na.H/c1-2-3-6-26(29(33)34)18-21-8-14-27(15-9-21)35-17-16-30-28(32)24-12-10-23(11-13-24)25-7-4-5-22(19-25)20-31;;/h4-5,7-15,19,26,31H,2-3,6,16-18,20H2,1H3,(H,30,32)(H,33,34);;/q;+1;-1. The molecular formula is C29H34NNaO5. The van der Waals surface area contributed by atoms with E-state index < -0.39 is 5.97 Å². The van der Waals surface area contributed by atoms with E-state index in [0.717, 1.165) is 35.1 Å². The normalized spacial score (nSPS) is 11.3. The fraction of sp³-hybridized carbons (Fsp3) is 0.310. The number of carbonyl (C=O) groups excluding carboxylic acids is 1. The van der Waals surface area contributed by atoms with Gasteiger partial charge in [0.05, 0.1) is 19.1 Å². The molecule has 0 fully saturated rings. The summed E-state index contributed by atoms with van der Waals surface area (Å²) < 4.78 is 5.71. The Morgan fingerprint density at radius 3 is 2.33 bits per heavy atom. The van der Waals surface area contributed by atoms with Crippen molar-refractivity contribution in [3.05, 3.63) is 89.5 Å². The molecule has 3 aromatic rings. The number of aliphatic hydroxyl groups is 1. The number of nitrogens with one attached hydrogen (secondary N) is 1. The first-order chi connectivity index (χ1) is 17.0. The second kappa shape index (κ2) is 15.5. The van der Waals surface area contributed by atoms with Gasteiger partial charge in [-0.2, -0.15) is 0 Å². The van der Waals surface area contributed by atoms with Crippen LogP contribution in [0.3, 0.4) is 0 Å². The molecule has 0 heterocycles. The first-order valence-electron chi connectivity index (χ1n) is 12.0. The Hall–Kier alpha value is -2.64. The molecule has 0 spiro atoms. The fourth-order valence-electron chi connectivity index (χ4n) is 3.87.